The quantitative estimate of drug-likeness (QED) is 0.696. The molecule has 6 heteroatoms. The van der Waals surface area contributed by atoms with Gasteiger partial charge in [0.05, 0.1) is 17.2 Å². The second-order valence-electron chi connectivity index (χ2n) is 6.32. The van der Waals surface area contributed by atoms with Gasteiger partial charge in [0.1, 0.15) is 22.1 Å². The molecule has 144 valence electrons. The van der Waals surface area contributed by atoms with Crippen molar-refractivity contribution in [3.05, 3.63) is 75.4 Å². The van der Waals surface area contributed by atoms with Gasteiger partial charge in [-0.1, -0.05) is 42.1 Å². The molecule has 0 unspecified atom stereocenters. The predicted molar refractivity (Wildman–Crippen MR) is 113 cm³/mol. The smallest absolute Gasteiger partial charge is 0.344 e. The van der Waals surface area contributed by atoms with Gasteiger partial charge in [-0.05, 0) is 50.1 Å². The Kier molecular flexibility index (Phi) is 5.90. The molecule has 28 heavy (non-hydrogen) atoms. The number of aliphatic hydroxyl groups excluding tert-OH is 1. The lowest BCUT2D eigenvalue weighted by molar-refractivity contribution is -0.138. The molecule has 0 saturated carbocycles. The average Bonchev–Trinajstić information content (AvgIpc) is 2.94. The molecule has 3 rings (SSSR count). The summed E-state index contributed by atoms with van der Waals surface area (Å²) in [5.41, 5.74) is 3.02. The van der Waals surface area contributed by atoms with Crippen LogP contribution in [0, 0.1) is 13.8 Å². The second kappa shape index (κ2) is 8.35. The predicted octanol–water partition coefficient (Wildman–Crippen LogP) is 5.20. The fourth-order valence-corrected chi connectivity index (χ4v) is 3.77. The van der Waals surface area contributed by atoms with Gasteiger partial charge in [-0.25, -0.2) is 9.79 Å². The fraction of sp³-hybridized carbons (Fsp3) is 0.182. The molecule has 0 bridgehead atoms. The number of rotatable bonds is 4. The van der Waals surface area contributed by atoms with Crippen molar-refractivity contribution in [2.75, 3.05) is 6.61 Å². The molecule has 2 N–H and O–H groups in total. The third kappa shape index (κ3) is 4.12. The number of nitrogens with zero attached hydrogens (tertiary/aromatic N) is 1. The molecule has 0 atom stereocenters. The van der Waals surface area contributed by atoms with Crippen molar-refractivity contribution in [1.29, 1.82) is 0 Å². The lowest BCUT2D eigenvalue weighted by Gasteiger charge is -2.04. The second-order valence-corrected chi connectivity index (χ2v) is 7.35. The largest absolute Gasteiger partial charge is 0.507 e. The maximum absolute atomic E-state index is 12.4. The highest BCUT2D eigenvalue weighted by Crippen LogP contribution is 2.41. The lowest BCUT2D eigenvalue weighted by atomic mass is 10.1. The number of benzene rings is 2. The van der Waals surface area contributed by atoms with Crippen LogP contribution >= 0.6 is 11.8 Å². The minimum absolute atomic E-state index is 0.0340. The first-order chi connectivity index (χ1) is 13.4. The molecule has 5 nitrogen and oxygen atoms in total. The number of hydrogen-bond acceptors (Lipinski definition) is 6. The molecule has 2 aromatic carbocycles. The number of phenols is 1. The summed E-state index contributed by atoms with van der Waals surface area (Å²) in [6, 6.07) is 12.9. The Morgan fingerprint density at radius 1 is 1.18 bits per heavy atom. The molecule has 2 aromatic rings. The van der Waals surface area contributed by atoms with Crippen molar-refractivity contribution in [1.82, 2.24) is 0 Å². The van der Waals surface area contributed by atoms with Gasteiger partial charge in [0, 0.05) is 5.56 Å². The number of para-hydroxylation sites is 1. The molecule has 0 aliphatic carbocycles. The molecule has 1 aliphatic heterocycles. The van der Waals surface area contributed by atoms with Gasteiger partial charge in [0.25, 0.3) is 0 Å². The minimum atomic E-state index is -0.629. The van der Waals surface area contributed by atoms with E-state index in [1.807, 2.05) is 37.3 Å². The molecule has 1 aliphatic rings. The van der Waals surface area contributed by atoms with Gasteiger partial charge in [0.2, 0.25) is 0 Å². The van der Waals surface area contributed by atoms with Crippen LogP contribution in [0.15, 0.2) is 63.7 Å². The normalized spacial score (nSPS) is 16.8. The number of aryl methyl sites for hydroxylation is 2. The molecular formula is C22H21NO4S. The Labute approximate surface area is 168 Å². The maximum Gasteiger partial charge on any atom is 0.344 e. The van der Waals surface area contributed by atoms with Crippen LogP contribution in [0.25, 0.3) is 6.08 Å². The lowest BCUT2D eigenvalue weighted by Crippen LogP contribution is -2.12. The van der Waals surface area contributed by atoms with Crippen LogP contribution < -0.4 is 0 Å². The Morgan fingerprint density at radius 3 is 2.64 bits per heavy atom. The van der Waals surface area contributed by atoms with Crippen LogP contribution in [0.3, 0.4) is 0 Å². The molecule has 0 spiro atoms. The van der Waals surface area contributed by atoms with Crippen molar-refractivity contribution >= 4 is 34.5 Å². The zero-order valence-corrected chi connectivity index (χ0v) is 16.7. The van der Waals surface area contributed by atoms with E-state index in [2.05, 4.69) is 4.99 Å². The zero-order chi connectivity index (χ0) is 20.3. The molecule has 0 aromatic heterocycles. The summed E-state index contributed by atoms with van der Waals surface area (Å²) in [5, 5.41) is 21.3. The first-order valence-corrected chi connectivity index (χ1v) is 9.67. The summed E-state index contributed by atoms with van der Waals surface area (Å²) in [4.78, 5) is 17.4. The van der Waals surface area contributed by atoms with E-state index in [0.29, 0.717) is 21.2 Å². The summed E-state index contributed by atoms with van der Waals surface area (Å²) >= 11 is 1.17. The minimum Gasteiger partial charge on any atom is -0.507 e. The van der Waals surface area contributed by atoms with E-state index in [4.69, 9.17) is 4.74 Å². The SMILES string of the molecule is CCOC(=O)C1=C(O)C(=Cc2cccc(C)c2O)SC1=Nc1cccc(C)c1. The summed E-state index contributed by atoms with van der Waals surface area (Å²) in [6.45, 7) is 5.65. The van der Waals surface area contributed by atoms with Crippen molar-refractivity contribution in [2.45, 2.75) is 20.8 Å². The van der Waals surface area contributed by atoms with E-state index < -0.39 is 5.97 Å². The average molecular weight is 395 g/mol. The Hall–Kier alpha value is -2.99. The topological polar surface area (TPSA) is 79.1 Å². The van der Waals surface area contributed by atoms with Crippen molar-refractivity contribution < 1.29 is 19.7 Å². The van der Waals surface area contributed by atoms with Crippen molar-refractivity contribution in [3.63, 3.8) is 0 Å². The van der Waals surface area contributed by atoms with E-state index in [1.165, 1.54) is 11.8 Å². The first kappa shape index (κ1) is 19.8. The van der Waals surface area contributed by atoms with E-state index >= 15 is 0 Å². The molecule has 0 saturated heterocycles. The standard InChI is InChI=1S/C22H21NO4S/c1-4-27-22(26)18-20(25)17(12-15-9-6-8-14(3)19(15)24)28-21(18)23-16-10-5-7-13(2)11-16/h5-12,24-25H,4H2,1-3H3. The summed E-state index contributed by atoms with van der Waals surface area (Å²) < 4.78 is 5.10. The number of aliphatic hydroxyl groups is 1. The van der Waals surface area contributed by atoms with Crippen LogP contribution in [0.4, 0.5) is 5.69 Å². The van der Waals surface area contributed by atoms with E-state index in [1.54, 1.807) is 32.1 Å². The number of aromatic hydroxyl groups is 1. The number of carbonyl (C=O) groups is 1. The van der Waals surface area contributed by atoms with Gasteiger partial charge < -0.3 is 14.9 Å². The van der Waals surface area contributed by atoms with E-state index in [9.17, 15) is 15.0 Å². The monoisotopic (exact) mass is 395 g/mol. The van der Waals surface area contributed by atoms with Gasteiger partial charge in [0.15, 0.2) is 0 Å². The van der Waals surface area contributed by atoms with E-state index in [0.717, 1.165) is 11.1 Å². The zero-order valence-electron chi connectivity index (χ0n) is 15.9. The highest BCUT2D eigenvalue weighted by Gasteiger charge is 2.33. The summed E-state index contributed by atoms with van der Waals surface area (Å²) in [5.74, 6) is -0.698. The van der Waals surface area contributed by atoms with Crippen molar-refractivity contribution in [3.8, 4) is 5.75 Å². The number of aliphatic imine (C=N–C) groups is 1. The molecule has 0 amide bonds. The van der Waals surface area contributed by atoms with Gasteiger partial charge in [-0.3, -0.25) is 0 Å². The van der Waals surface area contributed by atoms with Gasteiger partial charge >= 0.3 is 5.97 Å². The fourth-order valence-electron chi connectivity index (χ4n) is 2.75. The number of carbonyl (C=O) groups excluding carboxylic acids is 1. The summed E-state index contributed by atoms with van der Waals surface area (Å²) in [6.07, 6.45) is 1.64. The third-order valence-electron chi connectivity index (χ3n) is 4.16. The van der Waals surface area contributed by atoms with Crippen LogP contribution in [0.2, 0.25) is 0 Å². The number of hydrogen-bond donors (Lipinski definition) is 2. The molecular weight excluding hydrogens is 374 g/mol. The highest BCUT2D eigenvalue weighted by molar-refractivity contribution is 8.18. The Morgan fingerprint density at radius 2 is 1.93 bits per heavy atom. The summed E-state index contributed by atoms with van der Waals surface area (Å²) in [7, 11) is 0. The molecule has 0 fully saturated rings. The van der Waals surface area contributed by atoms with Gasteiger partial charge in [-0.15, -0.1) is 0 Å². The Bertz CT molecular complexity index is 1020. The van der Waals surface area contributed by atoms with Crippen molar-refractivity contribution in [2.24, 2.45) is 4.99 Å². The number of phenolic OH excluding ortho intramolecular Hbond substituents is 1. The number of thioether (sulfide) groups is 1. The van der Waals surface area contributed by atoms with E-state index in [-0.39, 0.29) is 23.7 Å². The van der Waals surface area contributed by atoms with Crippen LogP contribution in [0.1, 0.15) is 23.6 Å². The number of ether oxygens (including phenoxy) is 1. The third-order valence-corrected chi connectivity index (χ3v) is 5.18. The van der Waals surface area contributed by atoms with Gasteiger partial charge in [-0.2, -0.15) is 0 Å². The molecule has 1 heterocycles. The molecule has 0 radical (unpaired) electrons. The number of esters is 1. The van der Waals surface area contributed by atoms with Crippen LogP contribution in [0.5, 0.6) is 5.75 Å². The maximum atomic E-state index is 12.4. The van der Waals surface area contributed by atoms with Crippen LogP contribution in [-0.4, -0.2) is 27.8 Å². The Balaban J connectivity index is 2.08. The highest BCUT2D eigenvalue weighted by atomic mass is 32.2. The van der Waals surface area contributed by atoms with Crippen LogP contribution in [-0.2, 0) is 9.53 Å². The first-order valence-electron chi connectivity index (χ1n) is 8.85.